The highest BCUT2D eigenvalue weighted by molar-refractivity contribution is 7.19. The summed E-state index contributed by atoms with van der Waals surface area (Å²) >= 11 is 0. The first kappa shape index (κ1) is 12.4. The maximum atomic E-state index is 3.10. The Bertz CT molecular complexity index is 102. The quantitative estimate of drug-likeness (QED) is 0.547. The minimum atomic E-state index is 0.539. The van der Waals surface area contributed by atoms with Crippen LogP contribution < -0.4 is 0 Å². The zero-order valence-corrected chi connectivity index (χ0v) is 10.3. The lowest BCUT2D eigenvalue weighted by atomic mass is 9.88. The van der Waals surface area contributed by atoms with Gasteiger partial charge in [-0.3, -0.25) is 0 Å². The van der Waals surface area contributed by atoms with E-state index >= 15 is 0 Å². The van der Waals surface area contributed by atoms with Crippen LogP contribution in [-0.2, 0) is 0 Å². The van der Waals surface area contributed by atoms with E-state index in [4.69, 9.17) is 0 Å². The van der Waals surface area contributed by atoms with Crippen LogP contribution in [0.15, 0.2) is 0 Å². The molecule has 0 fully saturated rings. The Kier molecular flexibility index (Phi) is 6.19. The van der Waals surface area contributed by atoms with Crippen molar-refractivity contribution in [2.24, 2.45) is 5.92 Å². The molecule has 0 rings (SSSR count). The molecular formula is C11H25P. The van der Waals surface area contributed by atoms with Gasteiger partial charge in [-0.1, -0.05) is 40.5 Å². The molecular weight excluding hydrogens is 163 g/mol. The van der Waals surface area contributed by atoms with Crippen LogP contribution in [0.25, 0.3) is 0 Å². The van der Waals surface area contributed by atoms with Crippen molar-refractivity contribution >= 4 is 9.24 Å². The first-order chi connectivity index (χ1) is 5.54. The zero-order chi connectivity index (χ0) is 9.61. The lowest BCUT2D eigenvalue weighted by molar-refractivity contribution is 0.398. The lowest BCUT2D eigenvalue weighted by Gasteiger charge is -2.30. The van der Waals surface area contributed by atoms with Crippen LogP contribution >= 0.6 is 9.24 Å². The van der Waals surface area contributed by atoms with E-state index in [2.05, 4.69) is 36.9 Å². The molecule has 0 radical (unpaired) electrons. The fourth-order valence-corrected chi connectivity index (χ4v) is 3.19. The molecule has 0 amide bonds. The van der Waals surface area contributed by atoms with E-state index in [0.29, 0.717) is 5.16 Å². The van der Waals surface area contributed by atoms with Gasteiger partial charge in [0.15, 0.2) is 0 Å². The summed E-state index contributed by atoms with van der Waals surface area (Å²) in [4.78, 5) is 0. The fraction of sp³-hybridized carbons (Fsp3) is 1.00. The van der Waals surface area contributed by atoms with Crippen molar-refractivity contribution in [3.63, 3.8) is 0 Å². The summed E-state index contributed by atoms with van der Waals surface area (Å²) in [5, 5.41) is 0.539. The van der Waals surface area contributed by atoms with E-state index in [1.54, 1.807) is 0 Å². The average molecular weight is 188 g/mol. The molecule has 0 N–H and O–H groups in total. The molecule has 0 aromatic rings. The van der Waals surface area contributed by atoms with Crippen molar-refractivity contribution in [1.29, 1.82) is 0 Å². The predicted octanol–water partition coefficient (Wildman–Crippen LogP) is 4.25. The molecule has 0 saturated carbocycles. The monoisotopic (exact) mass is 188 g/mol. The van der Waals surface area contributed by atoms with Crippen molar-refractivity contribution in [2.45, 2.75) is 65.0 Å². The molecule has 12 heavy (non-hydrogen) atoms. The molecule has 74 valence electrons. The Labute approximate surface area is 80.7 Å². The van der Waals surface area contributed by atoms with E-state index in [9.17, 15) is 0 Å². The van der Waals surface area contributed by atoms with Gasteiger partial charge in [0.05, 0.1) is 0 Å². The highest BCUT2D eigenvalue weighted by atomic mass is 31.0. The second-order valence-corrected chi connectivity index (χ2v) is 5.69. The molecule has 0 aromatic carbocycles. The van der Waals surface area contributed by atoms with E-state index in [1.165, 1.54) is 32.1 Å². The number of hydrogen-bond acceptors (Lipinski definition) is 0. The summed E-state index contributed by atoms with van der Waals surface area (Å²) < 4.78 is 0. The Balaban J connectivity index is 3.98. The van der Waals surface area contributed by atoms with Crippen LogP contribution in [0.1, 0.15) is 59.8 Å². The van der Waals surface area contributed by atoms with E-state index < -0.39 is 0 Å². The molecule has 0 saturated heterocycles. The lowest BCUT2D eigenvalue weighted by Crippen LogP contribution is -2.22. The van der Waals surface area contributed by atoms with E-state index in [-0.39, 0.29) is 0 Å². The summed E-state index contributed by atoms with van der Waals surface area (Å²) in [6.07, 6.45) is 6.72. The topological polar surface area (TPSA) is 0 Å². The van der Waals surface area contributed by atoms with Crippen molar-refractivity contribution in [1.82, 2.24) is 0 Å². The summed E-state index contributed by atoms with van der Waals surface area (Å²) in [6, 6.07) is 0. The molecule has 0 aliphatic heterocycles. The molecule has 0 bridgehead atoms. The van der Waals surface area contributed by atoms with Gasteiger partial charge in [-0.25, -0.2) is 0 Å². The third-order valence-electron chi connectivity index (χ3n) is 2.31. The Morgan fingerprint density at radius 1 is 1.08 bits per heavy atom. The fourth-order valence-electron chi connectivity index (χ4n) is 2.14. The standard InChI is InChI=1S/C11H25P/c1-5-7-11(12,8-6-2)9-10(3)4/h10H,5-9,12H2,1-4H3. The second-order valence-electron chi connectivity index (χ2n) is 4.46. The van der Waals surface area contributed by atoms with Crippen molar-refractivity contribution in [3.8, 4) is 0 Å². The third-order valence-corrected chi connectivity index (χ3v) is 3.12. The van der Waals surface area contributed by atoms with Crippen LogP contribution in [0, 0.1) is 5.92 Å². The van der Waals surface area contributed by atoms with Crippen molar-refractivity contribution < 1.29 is 0 Å². The molecule has 1 heteroatoms. The maximum absolute atomic E-state index is 3.10. The van der Waals surface area contributed by atoms with Crippen LogP contribution in [0.5, 0.6) is 0 Å². The van der Waals surface area contributed by atoms with Crippen molar-refractivity contribution in [3.05, 3.63) is 0 Å². The minimum Gasteiger partial charge on any atom is -0.131 e. The molecule has 0 heterocycles. The summed E-state index contributed by atoms with van der Waals surface area (Å²) in [6.45, 7) is 9.22. The molecule has 1 atom stereocenters. The van der Waals surface area contributed by atoms with Gasteiger partial charge in [-0.2, -0.15) is 0 Å². The predicted molar refractivity (Wildman–Crippen MR) is 61.7 cm³/mol. The summed E-state index contributed by atoms with van der Waals surface area (Å²) in [5.74, 6) is 0.834. The first-order valence-electron chi connectivity index (χ1n) is 5.33. The van der Waals surface area contributed by atoms with Gasteiger partial charge in [-0.15, -0.1) is 9.24 Å². The van der Waals surface area contributed by atoms with Crippen molar-refractivity contribution in [2.75, 3.05) is 0 Å². The van der Waals surface area contributed by atoms with Gasteiger partial charge in [0, 0.05) is 0 Å². The van der Waals surface area contributed by atoms with Gasteiger partial charge in [0.2, 0.25) is 0 Å². The largest absolute Gasteiger partial charge is 0.131 e. The minimum absolute atomic E-state index is 0.539. The molecule has 1 unspecified atom stereocenters. The van der Waals surface area contributed by atoms with Gasteiger partial charge >= 0.3 is 0 Å². The van der Waals surface area contributed by atoms with Gasteiger partial charge in [-0.05, 0) is 30.3 Å². The van der Waals surface area contributed by atoms with E-state index in [0.717, 1.165) is 5.92 Å². The molecule has 0 aromatic heterocycles. The highest BCUT2D eigenvalue weighted by Crippen LogP contribution is 2.36. The van der Waals surface area contributed by atoms with Crippen LogP contribution in [0.4, 0.5) is 0 Å². The second kappa shape index (κ2) is 5.97. The van der Waals surface area contributed by atoms with Crippen LogP contribution in [0.3, 0.4) is 0 Å². The Hall–Kier alpha value is 0.430. The van der Waals surface area contributed by atoms with E-state index in [1.807, 2.05) is 0 Å². The maximum Gasteiger partial charge on any atom is -0.0148 e. The smallest absolute Gasteiger partial charge is 0.0148 e. The Morgan fingerprint density at radius 3 is 1.75 bits per heavy atom. The molecule has 0 spiro atoms. The van der Waals surface area contributed by atoms with Gasteiger partial charge in [0.1, 0.15) is 0 Å². The Morgan fingerprint density at radius 2 is 1.50 bits per heavy atom. The number of rotatable bonds is 6. The van der Waals surface area contributed by atoms with Crippen LogP contribution in [0.2, 0.25) is 0 Å². The summed E-state index contributed by atoms with van der Waals surface area (Å²) in [7, 11) is 3.10. The van der Waals surface area contributed by atoms with Gasteiger partial charge in [0.25, 0.3) is 0 Å². The van der Waals surface area contributed by atoms with Crippen LogP contribution in [-0.4, -0.2) is 5.16 Å². The normalized spacial score (nSPS) is 12.5. The SMILES string of the molecule is CCCC(P)(CCC)CC(C)C. The highest BCUT2D eigenvalue weighted by Gasteiger charge is 2.23. The number of hydrogen-bond donors (Lipinski definition) is 0. The molecule has 0 nitrogen and oxygen atoms in total. The van der Waals surface area contributed by atoms with Gasteiger partial charge < -0.3 is 0 Å². The average Bonchev–Trinajstić information content (AvgIpc) is 1.85. The summed E-state index contributed by atoms with van der Waals surface area (Å²) in [5.41, 5.74) is 0. The zero-order valence-electron chi connectivity index (χ0n) is 9.19. The molecule has 0 aliphatic carbocycles. The molecule has 0 aliphatic rings. The first-order valence-corrected chi connectivity index (χ1v) is 5.90. The third kappa shape index (κ3) is 5.14.